The fourth-order valence-electron chi connectivity index (χ4n) is 2.74. The first-order valence-corrected chi connectivity index (χ1v) is 8.34. The van der Waals surface area contributed by atoms with Crippen LogP contribution in [0.3, 0.4) is 0 Å². The Hall–Kier alpha value is -3.47. The maximum Gasteiger partial charge on any atom is 0.339 e. The minimum atomic E-state index is -0.519. The molecule has 0 aliphatic heterocycles. The molecule has 27 heavy (non-hydrogen) atoms. The van der Waals surface area contributed by atoms with Crippen LogP contribution in [0.15, 0.2) is 66.2 Å². The highest BCUT2D eigenvalue weighted by Crippen LogP contribution is 2.20. The number of halogens is 1. The number of ether oxygens (including phenoxy) is 1. The summed E-state index contributed by atoms with van der Waals surface area (Å²) in [6, 6.07) is 16.7. The summed E-state index contributed by atoms with van der Waals surface area (Å²) < 4.78 is 18.0. The number of rotatable bonds is 4. The Morgan fingerprint density at radius 3 is 2.48 bits per heavy atom. The number of fused-ring (bicyclic) bond motifs is 1. The van der Waals surface area contributed by atoms with Gasteiger partial charge in [-0.25, -0.2) is 9.18 Å². The second kappa shape index (κ2) is 7.83. The third kappa shape index (κ3) is 4.20. The molecule has 4 nitrogen and oxygen atoms in total. The lowest BCUT2D eigenvalue weighted by atomic mass is 10.0. The third-order valence-corrected chi connectivity index (χ3v) is 4.15. The normalized spacial score (nSPS) is 11.3. The second-order valence-electron chi connectivity index (χ2n) is 6.07. The molecule has 3 rings (SSSR count). The van der Waals surface area contributed by atoms with Crippen molar-refractivity contribution in [1.82, 2.24) is 0 Å². The van der Waals surface area contributed by atoms with Gasteiger partial charge in [-0.2, -0.15) is 0 Å². The molecule has 0 atom stereocenters. The Labute approximate surface area is 156 Å². The van der Waals surface area contributed by atoms with E-state index in [4.69, 9.17) is 4.74 Å². The van der Waals surface area contributed by atoms with E-state index < -0.39 is 5.97 Å². The summed E-state index contributed by atoms with van der Waals surface area (Å²) in [5, 5.41) is 4.41. The van der Waals surface area contributed by atoms with Crippen LogP contribution in [0.2, 0.25) is 0 Å². The van der Waals surface area contributed by atoms with Crippen LogP contribution in [0.5, 0.6) is 0 Å². The first kappa shape index (κ1) is 18.3. The highest BCUT2D eigenvalue weighted by molar-refractivity contribution is 6.09. The Morgan fingerprint density at radius 2 is 1.70 bits per heavy atom. The van der Waals surface area contributed by atoms with Crippen molar-refractivity contribution >= 4 is 34.4 Å². The first-order valence-electron chi connectivity index (χ1n) is 8.34. The lowest BCUT2D eigenvalue weighted by molar-refractivity contribution is -0.112. The molecule has 136 valence electrons. The van der Waals surface area contributed by atoms with E-state index >= 15 is 0 Å². The van der Waals surface area contributed by atoms with Crippen molar-refractivity contribution in [2.45, 2.75) is 6.92 Å². The fraction of sp³-hybridized carbons (Fsp3) is 0.0909. The van der Waals surface area contributed by atoms with Gasteiger partial charge in [0, 0.05) is 5.57 Å². The zero-order valence-electron chi connectivity index (χ0n) is 15.0. The second-order valence-corrected chi connectivity index (χ2v) is 6.07. The molecule has 0 aromatic heterocycles. The van der Waals surface area contributed by atoms with E-state index in [1.54, 1.807) is 43.3 Å². The van der Waals surface area contributed by atoms with Crippen molar-refractivity contribution in [2.75, 3.05) is 12.4 Å². The van der Waals surface area contributed by atoms with Crippen LogP contribution < -0.4 is 5.32 Å². The molecule has 3 aromatic rings. The maximum atomic E-state index is 13.3. The zero-order chi connectivity index (χ0) is 19.4. The van der Waals surface area contributed by atoms with Gasteiger partial charge in [0.25, 0.3) is 5.91 Å². The molecule has 1 N–H and O–H groups in total. The van der Waals surface area contributed by atoms with Gasteiger partial charge in [0.15, 0.2) is 0 Å². The third-order valence-electron chi connectivity index (χ3n) is 4.15. The standard InChI is InChI=1S/C22H18FNO3/c1-14(11-15-7-8-17-13-18(23)10-9-16(17)12-15)21(25)24-20-6-4-3-5-19(20)22(26)27-2/h3-13H,1-2H3,(H,24,25)/b14-11+. The van der Waals surface area contributed by atoms with Crippen molar-refractivity contribution in [2.24, 2.45) is 0 Å². The molecule has 0 aliphatic carbocycles. The van der Waals surface area contributed by atoms with Gasteiger partial charge >= 0.3 is 5.97 Å². The number of esters is 1. The van der Waals surface area contributed by atoms with Crippen LogP contribution in [0.4, 0.5) is 10.1 Å². The predicted octanol–water partition coefficient (Wildman–Crippen LogP) is 4.81. The Balaban J connectivity index is 1.83. The zero-order valence-corrected chi connectivity index (χ0v) is 15.0. The van der Waals surface area contributed by atoms with E-state index in [-0.39, 0.29) is 17.3 Å². The molecule has 0 saturated carbocycles. The van der Waals surface area contributed by atoms with Crippen LogP contribution in [0.1, 0.15) is 22.8 Å². The van der Waals surface area contributed by atoms with Gasteiger partial charge in [0.1, 0.15) is 5.82 Å². The van der Waals surface area contributed by atoms with Crippen molar-refractivity contribution in [1.29, 1.82) is 0 Å². The van der Waals surface area contributed by atoms with Gasteiger partial charge in [-0.05, 0) is 59.7 Å². The molecular weight excluding hydrogens is 345 g/mol. The summed E-state index contributed by atoms with van der Waals surface area (Å²) in [5.74, 6) is -1.13. The summed E-state index contributed by atoms with van der Waals surface area (Å²) in [4.78, 5) is 24.3. The number of methoxy groups -OCH3 is 1. The van der Waals surface area contributed by atoms with Gasteiger partial charge in [-0.1, -0.05) is 30.3 Å². The average molecular weight is 363 g/mol. The number of hydrogen-bond donors (Lipinski definition) is 1. The van der Waals surface area contributed by atoms with Crippen LogP contribution in [-0.4, -0.2) is 19.0 Å². The summed E-state index contributed by atoms with van der Waals surface area (Å²) >= 11 is 0. The molecule has 1 amide bonds. The number of carbonyl (C=O) groups is 2. The smallest absolute Gasteiger partial charge is 0.339 e. The van der Waals surface area contributed by atoms with Crippen molar-refractivity contribution in [3.05, 3.63) is 83.2 Å². The highest BCUT2D eigenvalue weighted by atomic mass is 19.1. The lowest BCUT2D eigenvalue weighted by Gasteiger charge is -2.10. The van der Waals surface area contributed by atoms with Gasteiger partial charge in [-0.3, -0.25) is 4.79 Å². The van der Waals surface area contributed by atoms with Crippen LogP contribution in [0, 0.1) is 5.82 Å². The topological polar surface area (TPSA) is 55.4 Å². The van der Waals surface area contributed by atoms with Crippen LogP contribution in [-0.2, 0) is 9.53 Å². The predicted molar refractivity (Wildman–Crippen MR) is 104 cm³/mol. The van der Waals surface area contributed by atoms with E-state index in [0.29, 0.717) is 11.3 Å². The van der Waals surface area contributed by atoms with Crippen LogP contribution >= 0.6 is 0 Å². The molecule has 0 fully saturated rings. The van der Waals surface area contributed by atoms with E-state index in [0.717, 1.165) is 16.3 Å². The number of hydrogen-bond acceptors (Lipinski definition) is 3. The number of amides is 1. The highest BCUT2D eigenvalue weighted by Gasteiger charge is 2.14. The Morgan fingerprint density at radius 1 is 1.00 bits per heavy atom. The minimum absolute atomic E-state index is 0.286. The maximum absolute atomic E-state index is 13.3. The SMILES string of the molecule is COC(=O)c1ccccc1NC(=O)/C(C)=C/c1ccc2cc(F)ccc2c1. The summed E-state index contributed by atoms with van der Waals surface area (Å²) in [5.41, 5.74) is 1.96. The number of carbonyl (C=O) groups excluding carboxylic acids is 2. The number of nitrogens with one attached hydrogen (secondary N) is 1. The van der Waals surface area contributed by atoms with Crippen molar-refractivity contribution in [3.63, 3.8) is 0 Å². The molecule has 0 heterocycles. The molecule has 3 aromatic carbocycles. The van der Waals surface area contributed by atoms with Gasteiger partial charge < -0.3 is 10.1 Å². The monoisotopic (exact) mass is 363 g/mol. The molecule has 0 spiro atoms. The summed E-state index contributed by atoms with van der Waals surface area (Å²) in [7, 11) is 1.29. The number of para-hydroxylation sites is 1. The van der Waals surface area contributed by atoms with Crippen LogP contribution in [0.25, 0.3) is 16.8 Å². The van der Waals surface area contributed by atoms with Gasteiger partial charge in [0.05, 0.1) is 18.4 Å². The fourth-order valence-corrected chi connectivity index (χ4v) is 2.74. The largest absolute Gasteiger partial charge is 0.465 e. The lowest BCUT2D eigenvalue weighted by Crippen LogP contribution is -2.15. The molecular formula is C22H18FNO3. The molecule has 0 unspecified atom stereocenters. The van der Waals surface area contributed by atoms with E-state index in [2.05, 4.69) is 5.32 Å². The first-order chi connectivity index (χ1) is 13.0. The summed E-state index contributed by atoms with van der Waals surface area (Å²) in [6.45, 7) is 1.69. The molecule has 0 saturated heterocycles. The van der Waals surface area contributed by atoms with E-state index in [1.165, 1.54) is 19.2 Å². The molecule has 0 radical (unpaired) electrons. The quantitative estimate of drug-likeness (QED) is 0.535. The molecule has 0 bridgehead atoms. The van der Waals surface area contributed by atoms with Gasteiger partial charge in [-0.15, -0.1) is 0 Å². The minimum Gasteiger partial charge on any atom is -0.465 e. The Kier molecular flexibility index (Phi) is 5.31. The molecule has 0 aliphatic rings. The number of anilines is 1. The number of benzene rings is 3. The van der Waals surface area contributed by atoms with E-state index in [9.17, 15) is 14.0 Å². The average Bonchev–Trinajstić information content (AvgIpc) is 2.67. The van der Waals surface area contributed by atoms with E-state index in [1.807, 2.05) is 18.2 Å². The molecule has 5 heteroatoms. The summed E-state index contributed by atoms with van der Waals surface area (Å²) in [6.07, 6.45) is 1.74. The van der Waals surface area contributed by atoms with Crippen molar-refractivity contribution in [3.8, 4) is 0 Å². The van der Waals surface area contributed by atoms with Crippen molar-refractivity contribution < 1.29 is 18.7 Å². The van der Waals surface area contributed by atoms with Gasteiger partial charge in [0.2, 0.25) is 0 Å². The Bertz CT molecular complexity index is 1060.